The van der Waals surface area contributed by atoms with E-state index in [1.165, 1.54) is 10.6 Å². The molecule has 24 heavy (non-hydrogen) atoms. The van der Waals surface area contributed by atoms with Gasteiger partial charge >= 0.3 is 0 Å². The Hall–Kier alpha value is -1.56. The SMILES string of the molecule is CCCCCNC(=O)CCN(c1ccccc1C(C)C)S(C)(=O)=O. The summed E-state index contributed by atoms with van der Waals surface area (Å²) < 4.78 is 25.8. The van der Waals surface area contributed by atoms with Crippen molar-refractivity contribution in [2.45, 2.75) is 52.4 Å². The molecule has 0 atom stereocenters. The number of benzene rings is 1. The van der Waals surface area contributed by atoms with Gasteiger partial charge in [0.2, 0.25) is 15.9 Å². The van der Waals surface area contributed by atoms with Crippen LogP contribution in [0.2, 0.25) is 0 Å². The van der Waals surface area contributed by atoms with Crippen LogP contribution in [0.25, 0.3) is 0 Å². The molecule has 1 amide bonds. The van der Waals surface area contributed by atoms with Gasteiger partial charge in [-0.05, 0) is 24.0 Å². The minimum atomic E-state index is -3.45. The van der Waals surface area contributed by atoms with E-state index >= 15 is 0 Å². The van der Waals surface area contributed by atoms with E-state index in [4.69, 9.17) is 0 Å². The van der Waals surface area contributed by atoms with Crippen LogP contribution in [0.4, 0.5) is 5.69 Å². The maximum atomic E-state index is 12.2. The van der Waals surface area contributed by atoms with E-state index in [1.54, 1.807) is 6.07 Å². The standard InChI is InChI=1S/C18H30N2O3S/c1-5-6-9-13-19-18(21)12-14-20(24(4,22)23)17-11-8-7-10-16(17)15(2)3/h7-8,10-11,15H,5-6,9,12-14H2,1-4H3,(H,19,21). The fourth-order valence-electron chi connectivity index (χ4n) is 2.56. The summed E-state index contributed by atoms with van der Waals surface area (Å²) in [7, 11) is -3.45. The topological polar surface area (TPSA) is 66.5 Å². The van der Waals surface area contributed by atoms with Crippen molar-refractivity contribution in [2.24, 2.45) is 0 Å². The molecule has 0 unspecified atom stereocenters. The Labute approximate surface area is 146 Å². The minimum absolute atomic E-state index is 0.109. The Morgan fingerprint density at radius 2 is 1.88 bits per heavy atom. The lowest BCUT2D eigenvalue weighted by Crippen LogP contribution is -2.35. The summed E-state index contributed by atoms with van der Waals surface area (Å²) in [5.41, 5.74) is 1.63. The highest BCUT2D eigenvalue weighted by atomic mass is 32.2. The van der Waals surface area contributed by atoms with Gasteiger partial charge in [0.1, 0.15) is 0 Å². The first kappa shape index (κ1) is 20.5. The lowest BCUT2D eigenvalue weighted by molar-refractivity contribution is -0.120. The van der Waals surface area contributed by atoms with Gasteiger partial charge in [0.25, 0.3) is 0 Å². The molecular weight excluding hydrogens is 324 g/mol. The number of carbonyl (C=O) groups excluding carboxylic acids is 1. The zero-order valence-electron chi connectivity index (χ0n) is 15.2. The zero-order valence-corrected chi connectivity index (χ0v) is 16.0. The van der Waals surface area contributed by atoms with E-state index in [9.17, 15) is 13.2 Å². The van der Waals surface area contributed by atoms with Crippen LogP contribution >= 0.6 is 0 Å². The number of unbranched alkanes of at least 4 members (excludes halogenated alkanes) is 2. The van der Waals surface area contributed by atoms with Crippen molar-refractivity contribution in [3.05, 3.63) is 29.8 Å². The van der Waals surface area contributed by atoms with Crippen molar-refractivity contribution in [2.75, 3.05) is 23.7 Å². The molecule has 1 N–H and O–H groups in total. The number of carbonyl (C=O) groups is 1. The average Bonchev–Trinajstić information content (AvgIpc) is 2.50. The zero-order chi connectivity index (χ0) is 18.2. The molecule has 0 aliphatic carbocycles. The number of hydrogen-bond donors (Lipinski definition) is 1. The van der Waals surface area contributed by atoms with Crippen LogP contribution in [0.5, 0.6) is 0 Å². The van der Waals surface area contributed by atoms with Gasteiger partial charge in [-0.1, -0.05) is 51.8 Å². The second-order valence-corrected chi connectivity index (χ2v) is 8.26. The third-order valence-corrected chi connectivity index (χ3v) is 5.05. The second kappa shape index (κ2) is 9.67. The molecule has 1 aromatic rings. The number of hydrogen-bond acceptors (Lipinski definition) is 3. The van der Waals surface area contributed by atoms with Crippen LogP contribution in [-0.4, -0.2) is 33.7 Å². The number of amides is 1. The summed E-state index contributed by atoms with van der Waals surface area (Å²) in [5, 5.41) is 2.85. The molecule has 6 heteroatoms. The van der Waals surface area contributed by atoms with Crippen molar-refractivity contribution >= 4 is 21.6 Å². The van der Waals surface area contributed by atoms with Gasteiger partial charge in [0.15, 0.2) is 0 Å². The van der Waals surface area contributed by atoms with E-state index in [0.717, 1.165) is 24.8 Å². The molecule has 0 saturated carbocycles. The molecule has 1 aromatic carbocycles. The van der Waals surface area contributed by atoms with Crippen LogP contribution in [0.15, 0.2) is 24.3 Å². The summed E-state index contributed by atoms with van der Waals surface area (Å²) in [6, 6.07) is 7.46. The van der Waals surface area contributed by atoms with E-state index in [1.807, 2.05) is 32.0 Å². The van der Waals surface area contributed by atoms with Crippen molar-refractivity contribution in [3.8, 4) is 0 Å². The molecule has 0 aliphatic rings. The van der Waals surface area contributed by atoms with Gasteiger partial charge < -0.3 is 5.32 Å². The quantitative estimate of drug-likeness (QED) is 0.656. The summed E-state index contributed by atoms with van der Waals surface area (Å²) in [5.74, 6) is 0.0927. The van der Waals surface area contributed by atoms with Gasteiger partial charge in [-0.15, -0.1) is 0 Å². The summed E-state index contributed by atoms with van der Waals surface area (Å²) >= 11 is 0. The van der Waals surface area contributed by atoms with Gasteiger partial charge in [0, 0.05) is 19.5 Å². The van der Waals surface area contributed by atoms with Gasteiger partial charge in [-0.3, -0.25) is 9.10 Å². The largest absolute Gasteiger partial charge is 0.356 e. The highest BCUT2D eigenvalue weighted by molar-refractivity contribution is 7.92. The fourth-order valence-corrected chi connectivity index (χ4v) is 3.51. The molecule has 0 aliphatic heterocycles. The highest BCUT2D eigenvalue weighted by Gasteiger charge is 2.21. The van der Waals surface area contributed by atoms with Crippen LogP contribution in [0.3, 0.4) is 0 Å². The van der Waals surface area contributed by atoms with Crippen LogP contribution in [0, 0.1) is 0 Å². The highest BCUT2D eigenvalue weighted by Crippen LogP contribution is 2.29. The minimum Gasteiger partial charge on any atom is -0.356 e. The number of anilines is 1. The first-order valence-corrected chi connectivity index (χ1v) is 10.5. The van der Waals surface area contributed by atoms with E-state index in [2.05, 4.69) is 12.2 Å². The Morgan fingerprint density at radius 3 is 2.46 bits per heavy atom. The molecule has 0 heterocycles. The number of sulfonamides is 1. The first-order chi connectivity index (χ1) is 11.3. The maximum absolute atomic E-state index is 12.2. The Balaban J connectivity index is 2.81. The fraction of sp³-hybridized carbons (Fsp3) is 0.611. The lowest BCUT2D eigenvalue weighted by atomic mass is 10.0. The van der Waals surface area contributed by atoms with Crippen molar-refractivity contribution in [1.82, 2.24) is 5.32 Å². The average molecular weight is 355 g/mol. The first-order valence-electron chi connectivity index (χ1n) is 8.60. The number of nitrogens with zero attached hydrogens (tertiary/aromatic N) is 1. The molecule has 0 saturated heterocycles. The Kier molecular flexibility index (Phi) is 8.25. The lowest BCUT2D eigenvalue weighted by Gasteiger charge is -2.26. The smallest absolute Gasteiger partial charge is 0.232 e. The third kappa shape index (κ3) is 6.51. The van der Waals surface area contributed by atoms with E-state index in [0.29, 0.717) is 12.2 Å². The summed E-state index contributed by atoms with van der Waals surface area (Å²) in [4.78, 5) is 12.0. The number of rotatable bonds is 10. The molecule has 1 rings (SSSR count). The number of para-hydroxylation sites is 1. The molecule has 0 radical (unpaired) electrons. The van der Waals surface area contributed by atoms with E-state index < -0.39 is 10.0 Å². The van der Waals surface area contributed by atoms with Crippen LogP contribution in [0.1, 0.15) is 57.9 Å². The summed E-state index contributed by atoms with van der Waals surface area (Å²) in [6.45, 7) is 6.97. The molecule has 0 aromatic heterocycles. The van der Waals surface area contributed by atoms with Crippen molar-refractivity contribution in [3.63, 3.8) is 0 Å². The predicted octanol–water partition coefficient (Wildman–Crippen LogP) is 3.27. The van der Waals surface area contributed by atoms with Gasteiger partial charge in [0.05, 0.1) is 11.9 Å². The van der Waals surface area contributed by atoms with Crippen LogP contribution in [-0.2, 0) is 14.8 Å². The van der Waals surface area contributed by atoms with Crippen molar-refractivity contribution < 1.29 is 13.2 Å². The molecule has 0 spiro atoms. The second-order valence-electron chi connectivity index (χ2n) is 6.36. The number of nitrogens with one attached hydrogen (secondary N) is 1. The van der Waals surface area contributed by atoms with Gasteiger partial charge in [-0.25, -0.2) is 8.42 Å². The molecular formula is C18H30N2O3S. The Morgan fingerprint density at radius 1 is 1.21 bits per heavy atom. The van der Waals surface area contributed by atoms with Crippen molar-refractivity contribution in [1.29, 1.82) is 0 Å². The molecule has 5 nitrogen and oxygen atoms in total. The van der Waals surface area contributed by atoms with E-state index in [-0.39, 0.29) is 24.8 Å². The Bertz CT molecular complexity index is 627. The molecule has 136 valence electrons. The monoisotopic (exact) mass is 354 g/mol. The normalized spacial score (nSPS) is 11.5. The molecule has 0 fully saturated rings. The molecule has 0 bridgehead atoms. The van der Waals surface area contributed by atoms with Gasteiger partial charge in [-0.2, -0.15) is 0 Å². The predicted molar refractivity (Wildman–Crippen MR) is 99.9 cm³/mol. The maximum Gasteiger partial charge on any atom is 0.232 e. The van der Waals surface area contributed by atoms with Crippen LogP contribution < -0.4 is 9.62 Å². The third-order valence-electron chi connectivity index (χ3n) is 3.87. The summed E-state index contributed by atoms with van der Waals surface area (Å²) in [6.07, 6.45) is 4.48.